The minimum atomic E-state index is 0.146. The van der Waals surface area contributed by atoms with Crippen LogP contribution in [0.15, 0.2) is 60.9 Å². The van der Waals surface area contributed by atoms with Crippen LogP contribution in [0.1, 0.15) is 11.1 Å². The second kappa shape index (κ2) is 8.29. The Morgan fingerprint density at radius 1 is 1.10 bits per heavy atom. The summed E-state index contributed by atoms with van der Waals surface area (Å²) < 4.78 is 10.9. The molecule has 0 spiro atoms. The monoisotopic (exact) mass is 428 g/mol. The number of aromatic nitrogens is 2. The van der Waals surface area contributed by atoms with E-state index in [1.807, 2.05) is 42.2 Å². The molecule has 4 rings (SSSR count). The van der Waals surface area contributed by atoms with Gasteiger partial charge in [0, 0.05) is 23.2 Å². The molecule has 2 heterocycles. The van der Waals surface area contributed by atoms with Gasteiger partial charge in [-0.3, -0.25) is 4.90 Å². The van der Waals surface area contributed by atoms with Crippen LogP contribution in [0.25, 0.3) is 11.3 Å². The van der Waals surface area contributed by atoms with Gasteiger partial charge in [0.1, 0.15) is 18.4 Å². The van der Waals surface area contributed by atoms with E-state index in [0.29, 0.717) is 34.0 Å². The van der Waals surface area contributed by atoms with Crippen molar-refractivity contribution in [3.8, 4) is 11.3 Å². The van der Waals surface area contributed by atoms with E-state index < -0.39 is 0 Å². The van der Waals surface area contributed by atoms with E-state index in [0.717, 1.165) is 22.4 Å². The second-order valence-electron chi connectivity index (χ2n) is 6.43. The van der Waals surface area contributed by atoms with Gasteiger partial charge in [-0.1, -0.05) is 35.3 Å². The summed E-state index contributed by atoms with van der Waals surface area (Å²) in [4.78, 5) is 10.7. The van der Waals surface area contributed by atoms with Crippen LogP contribution in [0.5, 0.6) is 0 Å². The Bertz CT molecular complexity index is 1090. The van der Waals surface area contributed by atoms with Crippen molar-refractivity contribution in [3.63, 3.8) is 0 Å². The fourth-order valence-corrected chi connectivity index (χ4v) is 3.62. The molecule has 0 atom stereocenters. The molecule has 0 amide bonds. The zero-order chi connectivity index (χ0) is 20.4. The fraction of sp³-hybridized carbons (Fsp3) is 0.143. The van der Waals surface area contributed by atoms with Crippen molar-refractivity contribution in [2.24, 2.45) is 5.73 Å². The molecule has 3 aromatic rings. The first-order valence-corrected chi connectivity index (χ1v) is 9.64. The first kappa shape index (κ1) is 19.5. The Kier molecular flexibility index (Phi) is 5.58. The summed E-state index contributed by atoms with van der Waals surface area (Å²) in [6.07, 6.45) is 3.05. The SMILES string of the molecule is Cc1cc(CN)ccc1N(C1=COCO1)c1cc(-c2ccc(Cl)cc2Cl)ncn1. The van der Waals surface area contributed by atoms with Crippen molar-refractivity contribution < 1.29 is 9.47 Å². The van der Waals surface area contributed by atoms with Crippen LogP contribution in [-0.2, 0) is 16.0 Å². The third kappa shape index (κ3) is 4.00. The van der Waals surface area contributed by atoms with Gasteiger partial charge in [-0.2, -0.15) is 0 Å². The average molecular weight is 429 g/mol. The topological polar surface area (TPSA) is 73.5 Å². The summed E-state index contributed by atoms with van der Waals surface area (Å²) in [5.74, 6) is 1.14. The summed E-state index contributed by atoms with van der Waals surface area (Å²) in [5, 5.41) is 1.07. The molecule has 2 N–H and O–H groups in total. The Morgan fingerprint density at radius 3 is 2.66 bits per heavy atom. The lowest BCUT2D eigenvalue weighted by Gasteiger charge is -2.25. The molecule has 0 fully saturated rings. The molecule has 29 heavy (non-hydrogen) atoms. The summed E-state index contributed by atoms with van der Waals surface area (Å²) in [5.41, 5.74) is 10.2. The highest BCUT2D eigenvalue weighted by Gasteiger charge is 2.23. The highest BCUT2D eigenvalue weighted by molar-refractivity contribution is 6.36. The van der Waals surface area contributed by atoms with Crippen LogP contribution in [-0.4, -0.2) is 16.8 Å². The molecule has 6 nitrogen and oxygen atoms in total. The van der Waals surface area contributed by atoms with E-state index >= 15 is 0 Å². The molecule has 2 aromatic carbocycles. The van der Waals surface area contributed by atoms with E-state index in [1.54, 1.807) is 18.4 Å². The molecule has 148 valence electrons. The number of ether oxygens (including phenoxy) is 2. The van der Waals surface area contributed by atoms with Crippen LogP contribution in [0.2, 0.25) is 10.0 Å². The summed E-state index contributed by atoms with van der Waals surface area (Å²) in [6.45, 7) is 2.62. The highest BCUT2D eigenvalue weighted by Crippen LogP contribution is 2.36. The van der Waals surface area contributed by atoms with Crippen molar-refractivity contribution in [1.82, 2.24) is 9.97 Å². The molecule has 0 saturated heterocycles. The van der Waals surface area contributed by atoms with Gasteiger partial charge in [0.2, 0.25) is 12.7 Å². The van der Waals surface area contributed by atoms with E-state index in [4.69, 9.17) is 38.4 Å². The maximum absolute atomic E-state index is 6.37. The molecule has 0 bridgehead atoms. The van der Waals surface area contributed by atoms with E-state index in [-0.39, 0.29) is 6.79 Å². The number of nitrogens with two attached hydrogens (primary N) is 1. The Labute approximate surface area is 178 Å². The second-order valence-corrected chi connectivity index (χ2v) is 7.27. The van der Waals surface area contributed by atoms with E-state index in [9.17, 15) is 0 Å². The number of rotatable bonds is 5. The number of nitrogens with zero attached hydrogens (tertiary/aromatic N) is 3. The summed E-state index contributed by atoms with van der Waals surface area (Å²) in [7, 11) is 0. The normalized spacial score (nSPS) is 12.9. The lowest BCUT2D eigenvalue weighted by atomic mass is 10.1. The van der Waals surface area contributed by atoms with Gasteiger partial charge in [0.05, 0.1) is 16.4 Å². The van der Waals surface area contributed by atoms with Gasteiger partial charge < -0.3 is 15.2 Å². The maximum Gasteiger partial charge on any atom is 0.238 e. The van der Waals surface area contributed by atoms with Crippen molar-refractivity contribution in [3.05, 3.63) is 82.1 Å². The average Bonchev–Trinajstić information content (AvgIpc) is 3.24. The van der Waals surface area contributed by atoms with Crippen LogP contribution in [0.3, 0.4) is 0 Å². The molecule has 0 unspecified atom stereocenters. The fourth-order valence-electron chi connectivity index (χ4n) is 3.12. The number of anilines is 2. The number of hydrogen-bond acceptors (Lipinski definition) is 6. The molecule has 1 aliphatic rings. The van der Waals surface area contributed by atoms with Crippen LogP contribution in [0.4, 0.5) is 11.5 Å². The van der Waals surface area contributed by atoms with Crippen LogP contribution in [0, 0.1) is 6.92 Å². The first-order chi connectivity index (χ1) is 14.1. The van der Waals surface area contributed by atoms with Gasteiger partial charge in [0.15, 0.2) is 0 Å². The Morgan fingerprint density at radius 2 is 1.97 bits per heavy atom. The number of aryl methyl sites for hydroxylation is 1. The number of benzene rings is 2. The smallest absolute Gasteiger partial charge is 0.238 e. The van der Waals surface area contributed by atoms with Crippen LogP contribution < -0.4 is 10.6 Å². The minimum absolute atomic E-state index is 0.146. The molecule has 0 aliphatic carbocycles. The minimum Gasteiger partial charge on any atom is -0.459 e. The lowest BCUT2D eigenvalue weighted by Crippen LogP contribution is -2.19. The van der Waals surface area contributed by atoms with Gasteiger partial charge in [-0.25, -0.2) is 9.97 Å². The molecular formula is C21H18Cl2N4O2. The number of halogens is 2. The lowest BCUT2D eigenvalue weighted by molar-refractivity contribution is 0.0797. The first-order valence-electron chi connectivity index (χ1n) is 8.88. The van der Waals surface area contributed by atoms with Gasteiger partial charge in [0.25, 0.3) is 0 Å². The molecule has 0 saturated carbocycles. The molecular weight excluding hydrogens is 411 g/mol. The summed E-state index contributed by atoms with van der Waals surface area (Å²) >= 11 is 12.4. The third-order valence-electron chi connectivity index (χ3n) is 4.51. The standard InChI is InChI=1S/C21H18Cl2N4O2/c1-13-6-14(9-24)2-5-19(13)27(21-10-28-12-29-21)20-8-18(25-11-26-20)16-4-3-15(22)7-17(16)23/h2-8,10-11H,9,12,24H2,1H3. The predicted octanol–water partition coefficient (Wildman–Crippen LogP) is 5.16. The molecule has 8 heteroatoms. The number of hydrogen-bond donors (Lipinski definition) is 1. The van der Waals surface area contributed by atoms with Gasteiger partial charge in [-0.05, 0) is 42.3 Å². The third-order valence-corrected chi connectivity index (χ3v) is 5.05. The quantitative estimate of drug-likeness (QED) is 0.604. The van der Waals surface area contributed by atoms with Crippen molar-refractivity contribution >= 4 is 34.7 Å². The van der Waals surface area contributed by atoms with Crippen molar-refractivity contribution in [2.75, 3.05) is 11.7 Å². The van der Waals surface area contributed by atoms with E-state index in [2.05, 4.69) is 9.97 Å². The zero-order valence-corrected chi connectivity index (χ0v) is 17.1. The maximum atomic E-state index is 6.37. The van der Waals surface area contributed by atoms with Crippen molar-refractivity contribution in [2.45, 2.75) is 13.5 Å². The van der Waals surface area contributed by atoms with E-state index in [1.165, 1.54) is 6.33 Å². The molecule has 1 aromatic heterocycles. The predicted molar refractivity (Wildman–Crippen MR) is 114 cm³/mol. The molecule has 0 radical (unpaired) electrons. The highest BCUT2D eigenvalue weighted by atomic mass is 35.5. The van der Waals surface area contributed by atoms with Gasteiger partial charge in [-0.15, -0.1) is 0 Å². The van der Waals surface area contributed by atoms with Crippen LogP contribution >= 0.6 is 23.2 Å². The largest absolute Gasteiger partial charge is 0.459 e. The van der Waals surface area contributed by atoms with Crippen molar-refractivity contribution in [1.29, 1.82) is 0 Å². The Balaban J connectivity index is 1.82. The Hall–Kier alpha value is -2.80. The van der Waals surface area contributed by atoms with Gasteiger partial charge >= 0.3 is 0 Å². The zero-order valence-electron chi connectivity index (χ0n) is 15.6. The molecule has 1 aliphatic heterocycles. The summed E-state index contributed by atoms with van der Waals surface area (Å²) in [6, 6.07) is 13.1.